The van der Waals surface area contributed by atoms with Gasteiger partial charge < -0.3 is 24.1 Å². The van der Waals surface area contributed by atoms with E-state index in [0.717, 1.165) is 0 Å². The van der Waals surface area contributed by atoms with Crippen molar-refractivity contribution < 1.29 is 38.4 Å². The summed E-state index contributed by atoms with van der Waals surface area (Å²) < 4.78 is 22.9. The molecule has 2 saturated heterocycles. The maximum absolute atomic E-state index is 13.1. The van der Waals surface area contributed by atoms with E-state index >= 15 is 0 Å². The van der Waals surface area contributed by atoms with Crippen LogP contribution in [0.5, 0.6) is 0 Å². The summed E-state index contributed by atoms with van der Waals surface area (Å²) in [6.07, 6.45) is -1.23. The number of esters is 2. The molecule has 1 spiro atoms. The van der Waals surface area contributed by atoms with Crippen LogP contribution in [0.1, 0.15) is 34.1 Å². The van der Waals surface area contributed by atoms with E-state index in [1.165, 1.54) is 13.8 Å². The molecule has 27 heavy (non-hydrogen) atoms. The van der Waals surface area contributed by atoms with Crippen LogP contribution in [0.15, 0.2) is 11.6 Å². The number of rotatable bonds is 3. The average molecular weight is 380 g/mol. The molecule has 2 aliphatic heterocycles. The van der Waals surface area contributed by atoms with Crippen molar-refractivity contribution in [1.29, 1.82) is 0 Å². The Kier molecular flexibility index (Phi) is 3.87. The van der Waals surface area contributed by atoms with Gasteiger partial charge in [0.25, 0.3) is 0 Å². The Hall–Kier alpha value is -1.77. The molecule has 2 heterocycles. The molecule has 4 aliphatic rings. The third-order valence-corrected chi connectivity index (χ3v) is 6.94. The van der Waals surface area contributed by atoms with Gasteiger partial charge in [-0.15, -0.1) is 0 Å². The number of Topliss-reactive ketones (excluding diaryl/α,β-unsaturated/α-hetero) is 1. The van der Waals surface area contributed by atoms with Crippen LogP contribution in [-0.2, 0) is 33.3 Å². The van der Waals surface area contributed by atoms with Gasteiger partial charge >= 0.3 is 11.9 Å². The van der Waals surface area contributed by atoms with Crippen molar-refractivity contribution in [2.45, 2.75) is 64.1 Å². The summed E-state index contributed by atoms with van der Waals surface area (Å²) in [5.41, 5.74) is -2.36. The molecular weight excluding hydrogens is 356 g/mol. The molecule has 2 aliphatic carbocycles. The minimum Gasteiger partial charge on any atom is -0.465 e. The zero-order valence-electron chi connectivity index (χ0n) is 15.8. The molecule has 1 N–H and O–H groups in total. The Labute approximate surface area is 156 Å². The van der Waals surface area contributed by atoms with Crippen LogP contribution in [-0.4, -0.2) is 66.1 Å². The molecule has 0 radical (unpaired) electrons. The SMILES string of the molecule is CC(=O)OC[C@]12[C@H](OC(C)=O)C(=O)C(C)=C[C@H]1O[C@@H]1[C@H](O)C[C@@]2(C)[C@]12CO2. The number of carbonyl (C=O) groups excluding carboxylic acids is 3. The third kappa shape index (κ3) is 2.17. The fraction of sp³-hybridized carbons (Fsp3) is 0.737. The lowest BCUT2D eigenvalue weighted by Crippen LogP contribution is -2.71. The molecular formula is C19H24O8. The van der Waals surface area contributed by atoms with Crippen LogP contribution in [0.3, 0.4) is 0 Å². The largest absolute Gasteiger partial charge is 0.465 e. The monoisotopic (exact) mass is 380 g/mol. The fourth-order valence-corrected chi connectivity index (χ4v) is 5.50. The van der Waals surface area contributed by atoms with Crippen LogP contribution >= 0.6 is 0 Å². The van der Waals surface area contributed by atoms with Crippen molar-refractivity contribution >= 4 is 17.7 Å². The lowest BCUT2D eigenvalue weighted by molar-refractivity contribution is -0.251. The molecule has 0 aromatic heterocycles. The zero-order chi connectivity index (χ0) is 19.8. The lowest BCUT2D eigenvalue weighted by Gasteiger charge is -2.58. The molecule has 4 rings (SSSR count). The standard InChI is InChI=1S/C19H24O8/c1-9-5-13-18(7-24-10(2)20,16(14(9)23)26-11(3)21)17(4)6-12(22)15(27-13)19(17)8-25-19/h5,12-13,15-16,22H,6-8H2,1-4H3/t12-,13-,15-,16-,17-,18-,19+/m1/s1. The lowest BCUT2D eigenvalue weighted by atomic mass is 9.50. The Balaban J connectivity index is 1.92. The first kappa shape index (κ1) is 18.6. The number of ketones is 1. The van der Waals surface area contributed by atoms with Gasteiger partial charge in [-0.25, -0.2) is 0 Å². The van der Waals surface area contributed by atoms with Gasteiger partial charge in [0, 0.05) is 19.3 Å². The first-order chi connectivity index (χ1) is 12.6. The molecule has 3 fully saturated rings. The van der Waals surface area contributed by atoms with Crippen LogP contribution in [0.4, 0.5) is 0 Å². The molecule has 0 aromatic carbocycles. The fourth-order valence-electron chi connectivity index (χ4n) is 5.50. The summed E-state index contributed by atoms with van der Waals surface area (Å²) in [4.78, 5) is 36.5. The maximum atomic E-state index is 13.1. The van der Waals surface area contributed by atoms with E-state index in [9.17, 15) is 19.5 Å². The highest BCUT2D eigenvalue weighted by atomic mass is 16.6. The third-order valence-electron chi connectivity index (χ3n) is 6.94. The smallest absolute Gasteiger partial charge is 0.303 e. The van der Waals surface area contributed by atoms with E-state index in [-0.39, 0.29) is 18.8 Å². The van der Waals surface area contributed by atoms with Crippen molar-refractivity contribution in [3.05, 3.63) is 11.6 Å². The zero-order valence-corrected chi connectivity index (χ0v) is 15.8. The second-order valence-corrected chi connectivity index (χ2v) is 8.28. The number of hydrogen-bond acceptors (Lipinski definition) is 8. The van der Waals surface area contributed by atoms with Gasteiger partial charge in [0.05, 0.1) is 24.2 Å². The van der Waals surface area contributed by atoms with Crippen LogP contribution < -0.4 is 0 Å². The predicted molar refractivity (Wildman–Crippen MR) is 89.5 cm³/mol. The first-order valence-electron chi connectivity index (χ1n) is 9.10. The Morgan fingerprint density at radius 2 is 2.00 bits per heavy atom. The number of carbonyl (C=O) groups is 3. The summed E-state index contributed by atoms with van der Waals surface area (Å²) in [5.74, 6) is -1.48. The maximum Gasteiger partial charge on any atom is 0.303 e. The second-order valence-electron chi connectivity index (χ2n) is 8.28. The molecule has 7 atom stereocenters. The summed E-state index contributed by atoms with van der Waals surface area (Å²) in [5, 5.41) is 10.7. The Morgan fingerprint density at radius 3 is 2.56 bits per heavy atom. The molecule has 148 valence electrons. The number of hydrogen-bond donors (Lipinski definition) is 1. The highest BCUT2D eigenvalue weighted by Crippen LogP contribution is 2.71. The number of epoxide rings is 1. The predicted octanol–water partition coefficient (Wildman–Crippen LogP) is 0.304. The average Bonchev–Trinajstić information content (AvgIpc) is 3.33. The van der Waals surface area contributed by atoms with Gasteiger partial charge in [-0.1, -0.05) is 6.92 Å². The minimum absolute atomic E-state index is 0.179. The molecule has 2 bridgehead atoms. The van der Waals surface area contributed by atoms with Crippen molar-refractivity contribution in [3.8, 4) is 0 Å². The van der Waals surface area contributed by atoms with Gasteiger partial charge in [-0.3, -0.25) is 14.4 Å². The molecule has 0 amide bonds. The summed E-state index contributed by atoms with van der Waals surface area (Å²) >= 11 is 0. The van der Waals surface area contributed by atoms with E-state index in [1.807, 2.05) is 6.92 Å². The van der Waals surface area contributed by atoms with Gasteiger partial charge in [-0.2, -0.15) is 0 Å². The van der Waals surface area contributed by atoms with Gasteiger partial charge in [0.1, 0.15) is 18.3 Å². The topological polar surface area (TPSA) is 112 Å². The number of aliphatic hydroxyl groups excluding tert-OH is 1. The first-order valence-corrected chi connectivity index (χ1v) is 9.10. The molecule has 1 saturated carbocycles. The number of fused-ring (bicyclic) bond motifs is 2. The van der Waals surface area contributed by atoms with Crippen molar-refractivity contribution in [1.82, 2.24) is 0 Å². The van der Waals surface area contributed by atoms with E-state index in [2.05, 4.69) is 0 Å². The summed E-state index contributed by atoms with van der Waals surface area (Å²) in [6, 6.07) is 0. The van der Waals surface area contributed by atoms with Gasteiger partial charge in [0.15, 0.2) is 11.9 Å². The normalized spacial score (nSPS) is 47.3. The van der Waals surface area contributed by atoms with E-state index in [0.29, 0.717) is 12.2 Å². The Morgan fingerprint density at radius 1 is 1.33 bits per heavy atom. The van der Waals surface area contributed by atoms with Crippen LogP contribution in [0.25, 0.3) is 0 Å². The number of aliphatic hydroxyl groups is 1. The molecule has 0 unspecified atom stereocenters. The van der Waals surface area contributed by atoms with Crippen LogP contribution in [0.2, 0.25) is 0 Å². The van der Waals surface area contributed by atoms with Crippen molar-refractivity contribution in [2.75, 3.05) is 13.2 Å². The second kappa shape index (κ2) is 5.62. The molecule has 8 nitrogen and oxygen atoms in total. The molecule has 0 aromatic rings. The summed E-state index contributed by atoms with van der Waals surface area (Å²) in [7, 11) is 0. The summed E-state index contributed by atoms with van der Waals surface area (Å²) in [6.45, 7) is 6.24. The van der Waals surface area contributed by atoms with Crippen molar-refractivity contribution in [3.63, 3.8) is 0 Å². The van der Waals surface area contributed by atoms with Gasteiger partial charge in [-0.05, 0) is 25.0 Å². The van der Waals surface area contributed by atoms with E-state index < -0.39 is 52.8 Å². The number of ether oxygens (including phenoxy) is 4. The molecule has 8 heteroatoms. The highest BCUT2D eigenvalue weighted by Gasteiger charge is 2.84. The van der Waals surface area contributed by atoms with Crippen LogP contribution in [0, 0.1) is 10.8 Å². The van der Waals surface area contributed by atoms with Crippen molar-refractivity contribution in [2.24, 2.45) is 10.8 Å². The van der Waals surface area contributed by atoms with E-state index in [1.54, 1.807) is 13.0 Å². The highest BCUT2D eigenvalue weighted by molar-refractivity contribution is 6.01. The Bertz CT molecular complexity index is 753. The van der Waals surface area contributed by atoms with Gasteiger partial charge in [0.2, 0.25) is 0 Å². The minimum atomic E-state index is -1.19. The van der Waals surface area contributed by atoms with E-state index in [4.69, 9.17) is 18.9 Å². The quantitative estimate of drug-likeness (QED) is 0.550.